The lowest BCUT2D eigenvalue weighted by molar-refractivity contribution is -0.132. The van der Waals surface area contributed by atoms with Crippen LogP contribution in [0.5, 0.6) is 0 Å². The van der Waals surface area contributed by atoms with Gasteiger partial charge in [-0.3, -0.25) is 0 Å². The quantitative estimate of drug-likeness (QED) is 0.402. The molecule has 0 aromatic heterocycles. The smallest absolute Gasteiger partial charge is 0.349 e. The molecule has 4 heteroatoms. The van der Waals surface area contributed by atoms with Crippen molar-refractivity contribution in [2.75, 3.05) is 6.61 Å². The molecule has 0 atom stereocenters. The zero-order valence-electron chi connectivity index (χ0n) is 8.54. The summed E-state index contributed by atoms with van der Waals surface area (Å²) in [5.74, 6) is -0.920. The van der Waals surface area contributed by atoms with Gasteiger partial charge in [0.2, 0.25) is 0 Å². The van der Waals surface area contributed by atoms with Crippen molar-refractivity contribution in [2.45, 2.75) is 33.1 Å². The van der Waals surface area contributed by atoms with E-state index in [2.05, 4.69) is 0 Å². The standard InChI is InChI=1S/C10H15NO3/c1-3-5-6-9(14-4-2)8(7-11)10(12)13/h3-6H2,1-2H3,(H,12,13)/b9-8-. The summed E-state index contributed by atoms with van der Waals surface area (Å²) in [5.41, 5.74) is -0.277. The van der Waals surface area contributed by atoms with Gasteiger partial charge in [-0.25, -0.2) is 4.79 Å². The Morgan fingerprint density at radius 3 is 2.50 bits per heavy atom. The number of allylic oxidation sites excluding steroid dienone is 1. The van der Waals surface area contributed by atoms with E-state index < -0.39 is 5.97 Å². The van der Waals surface area contributed by atoms with Gasteiger partial charge in [-0.05, 0) is 13.3 Å². The number of rotatable bonds is 6. The highest BCUT2D eigenvalue weighted by atomic mass is 16.5. The van der Waals surface area contributed by atoms with Gasteiger partial charge in [0.1, 0.15) is 11.8 Å². The number of ether oxygens (including phenoxy) is 1. The van der Waals surface area contributed by atoms with Crippen molar-refractivity contribution in [1.82, 2.24) is 0 Å². The van der Waals surface area contributed by atoms with Crippen LogP contribution in [0.3, 0.4) is 0 Å². The molecule has 14 heavy (non-hydrogen) atoms. The Labute approximate surface area is 83.8 Å². The normalized spacial score (nSPS) is 11.5. The van der Waals surface area contributed by atoms with Gasteiger partial charge < -0.3 is 9.84 Å². The first-order chi connectivity index (χ1) is 6.67. The Morgan fingerprint density at radius 1 is 1.50 bits per heavy atom. The summed E-state index contributed by atoms with van der Waals surface area (Å²) in [6.07, 6.45) is 2.28. The highest BCUT2D eigenvalue weighted by molar-refractivity contribution is 5.91. The maximum atomic E-state index is 10.6. The third-order valence-electron chi connectivity index (χ3n) is 1.68. The second-order valence-corrected chi connectivity index (χ2v) is 2.75. The summed E-state index contributed by atoms with van der Waals surface area (Å²) in [5, 5.41) is 17.3. The third-order valence-corrected chi connectivity index (χ3v) is 1.68. The minimum Gasteiger partial charge on any atom is -0.497 e. The summed E-state index contributed by atoms with van der Waals surface area (Å²) in [7, 11) is 0. The van der Waals surface area contributed by atoms with E-state index in [0.717, 1.165) is 12.8 Å². The number of carbonyl (C=O) groups is 1. The van der Waals surface area contributed by atoms with Gasteiger partial charge in [0.25, 0.3) is 0 Å². The SMILES string of the molecule is CCCC/C(OCC)=C(\C#N)C(=O)O. The monoisotopic (exact) mass is 197 g/mol. The van der Waals surface area contributed by atoms with Crippen LogP contribution in [0.4, 0.5) is 0 Å². The Kier molecular flexibility index (Phi) is 6.21. The molecular formula is C10H15NO3. The maximum absolute atomic E-state index is 10.6. The van der Waals surface area contributed by atoms with E-state index in [4.69, 9.17) is 15.1 Å². The predicted octanol–water partition coefficient (Wildman–Crippen LogP) is 2.08. The topological polar surface area (TPSA) is 70.3 Å². The number of carboxylic acids is 1. The number of unbranched alkanes of at least 4 members (excludes halogenated alkanes) is 1. The summed E-state index contributed by atoms with van der Waals surface area (Å²) in [6.45, 7) is 4.15. The average molecular weight is 197 g/mol. The number of aliphatic carboxylic acids is 1. The van der Waals surface area contributed by atoms with Crippen molar-refractivity contribution in [1.29, 1.82) is 5.26 Å². The van der Waals surface area contributed by atoms with Crippen LogP contribution in [0.1, 0.15) is 33.1 Å². The first kappa shape index (κ1) is 12.5. The number of carboxylic acid groups (broad SMARTS) is 1. The summed E-state index contributed by atoms with van der Waals surface area (Å²) in [6, 6.07) is 1.65. The van der Waals surface area contributed by atoms with Gasteiger partial charge in [0, 0.05) is 6.42 Å². The van der Waals surface area contributed by atoms with Crippen LogP contribution in [0.15, 0.2) is 11.3 Å². The van der Waals surface area contributed by atoms with E-state index in [1.807, 2.05) is 6.92 Å². The van der Waals surface area contributed by atoms with Crippen LogP contribution in [0.2, 0.25) is 0 Å². The summed E-state index contributed by atoms with van der Waals surface area (Å²) in [4.78, 5) is 10.6. The van der Waals surface area contributed by atoms with Crippen molar-refractivity contribution in [3.8, 4) is 6.07 Å². The Balaban J connectivity index is 4.72. The second-order valence-electron chi connectivity index (χ2n) is 2.75. The molecule has 0 aliphatic rings. The molecule has 0 fully saturated rings. The third kappa shape index (κ3) is 3.94. The summed E-state index contributed by atoms with van der Waals surface area (Å²) < 4.78 is 5.13. The lowest BCUT2D eigenvalue weighted by Gasteiger charge is -2.08. The molecule has 0 amide bonds. The minimum atomic E-state index is -1.22. The molecule has 78 valence electrons. The van der Waals surface area contributed by atoms with Crippen LogP contribution in [0.25, 0.3) is 0 Å². The molecule has 0 bridgehead atoms. The van der Waals surface area contributed by atoms with Gasteiger partial charge >= 0.3 is 5.97 Å². The van der Waals surface area contributed by atoms with Crippen LogP contribution >= 0.6 is 0 Å². The molecular weight excluding hydrogens is 182 g/mol. The molecule has 4 nitrogen and oxygen atoms in total. The number of nitriles is 1. The molecule has 0 aromatic rings. The molecule has 1 N–H and O–H groups in total. The van der Waals surface area contributed by atoms with Gasteiger partial charge in [-0.15, -0.1) is 0 Å². The first-order valence-corrected chi connectivity index (χ1v) is 4.66. The van der Waals surface area contributed by atoms with E-state index in [1.165, 1.54) is 0 Å². The number of hydrogen-bond donors (Lipinski definition) is 1. The molecule has 0 aromatic carbocycles. The molecule has 0 rings (SSSR count). The van der Waals surface area contributed by atoms with E-state index in [9.17, 15) is 4.79 Å². The van der Waals surface area contributed by atoms with E-state index >= 15 is 0 Å². The van der Waals surface area contributed by atoms with Crippen molar-refractivity contribution < 1.29 is 14.6 Å². The Bertz CT molecular complexity index is 263. The first-order valence-electron chi connectivity index (χ1n) is 4.66. The number of nitrogens with zero attached hydrogens (tertiary/aromatic N) is 1. The van der Waals surface area contributed by atoms with Crippen LogP contribution in [-0.4, -0.2) is 17.7 Å². The highest BCUT2D eigenvalue weighted by Crippen LogP contribution is 2.14. The van der Waals surface area contributed by atoms with Crippen molar-refractivity contribution in [2.24, 2.45) is 0 Å². The molecule has 0 aliphatic carbocycles. The van der Waals surface area contributed by atoms with Crippen molar-refractivity contribution in [3.05, 3.63) is 11.3 Å². The van der Waals surface area contributed by atoms with E-state index in [0.29, 0.717) is 18.8 Å². The fourth-order valence-corrected chi connectivity index (χ4v) is 1.01. The Morgan fingerprint density at radius 2 is 2.14 bits per heavy atom. The van der Waals surface area contributed by atoms with E-state index in [-0.39, 0.29) is 5.57 Å². The molecule has 0 heterocycles. The predicted molar refractivity (Wildman–Crippen MR) is 51.4 cm³/mol. The summed E-state index contributed by atoms with van der Waals surface area (Å²) >= 11 is 0. The molecule has 0 saturated heterocycles. The zero-order valence-corrected chi connectivity index (χ0v) is 8.54. The molecule has 0 spiro atoms. The fourth-order valence-electron chi connectivity index (χ4n) is 1.01. The van der Waals surface area contributed by atoms with Gasteiger partial charge in [0.05, 0.1) is 6.61 Å². The minimum absolute atomic E-state index is 0.277. The van der Waals surface area contributed by atoms with E-state index in [1.54, 1.807) is 13.0 Å². The van der Waals surface area contributed by atoms with Crippen LogP contribution in [0, 0.1) is 11.3 Å². The lowest BCUT2D eigenvalue weighted by atomic mass is 10.1. The maximum Gasteiger partial charge on any atom is 0.349 e. The molecule has 0 aliphatic heterocycles. The van der Waals surface area contributed by atoms with Gasteiger partial charge in [-0.2, -0.15) is 5.26 Å². The zero-order chi connectivity index (χ0) is 11.0. The highest BCUT2D eigenvalue weighted by Gasteiger charge is 2.14. The lowest BCUT2D eigenvalue weighted by Crippen LogP contribution is -2.05. The average Bonchev–Trinajstić information content (AvgIpc) is 2.14. The molecule has 0 unspecified atom stereocenters. The van der Waals surface area contributed by atoms with Crippen LogP contribution in [-0.2, 0) is 9.53 Å². The largest absolute Gasteiger partial charge is 0.497 e. The second kappa shape index (κ2) is 6.96. The van der Waals surface area contributed by atoms with Gasteiger partial charge in [-0.1, -0.05) is 13.3 Å². The fraction of sp³-hybridized carbons (Fsp3) is 0.600. The van der Waals surface area contributed by atoms with Crippen molar-refractivity contribution >= 4 is 5.97 Å². The number of hydrogen-bond acceptors (Lipinski definition) is 3. The van der Waals surface area contributed by atoms with Gasteiger partial charge in [0.15, 0.2) is 5.57 Å². The molecule has 0 saturated carbocycles. The Hall–Kier alpha value is -1.50. The van der Waals surface area contributed by atoms with Crippen LogP contribution < -0.4 is 0 Å². The molecule has 0 radical (unpaired) electrons. The van der Waals surface area contributed by atoms with Crippen molar-refractivity contribution in [3.63, 3.8) is 0 Å².